The second-order valence-electron chi connectivity index (χ2n) is 8.78. The number of nitriles is 1. The number of nitrogens with zero attached hydrogens (tertiary/aromatic N) is 3. The number of ether oxygens (including phenoxy) is 1. The normalized spacial score (nSPS) is 36.3. The minimum Gasteiger partial charge on any atom is -0.406 e. The third kappa shape index (κ3) is 2.21. The molecule has 2 heterocycles. The summed E-state index contributed by atoms with van der Waals surface area (Å²) in [5.41, 5.74) is 2.73. The van der Waals surface area contributed by atoms with Gasteiger partial charge < -0.3 is 9.30 Å². The van der Waals surface area contributed by atoms with Crippen molar-refractivity contribution >= 4 is 17.9 Å². The van der Waals surface area contributed by atoms with Gasteiger partial charge in [0.05, 0.1) is 0 Å². The van der Waals surface area contributed by atoms with E-state index >= 15 is 0 Å². The Morgan fingerprint density at radius 2 is 1.88 bits per heavy atom. The molecular weight excluding hydrogens is 326 g/mol. The lowest BCUT2D eigenvalue weighted by molar-refractivity contribution is -0.131. The molecule has 4 saturated carbocycles. The fraction of sp³-hybridized carbons (Fsp3) is 0.571. The van der Waals surface area contributed by atoms with Crippen LogP contribution in [0.3, 0.4) is 0 Å². The third-order valence-electron chi connectivity index (χ3n) is 7.09. The molecule has 26 heavy (non-hydrogen) atoms. The zero-order valence-corrected chi connectivity index (χ0v) is 15.3. The second kappa shape index (κ2) is 5.33. The van der Waals surface area contributed by atoms with Gasteiger partial charge in [-0.2, -0.15) is 5.26 Å². The van der Waals surface area contributed by atoms with Gasteiger partial charge in [0.15, 0.2) is 5.70 Å². The molecule has 5 nitrogen and oxygen atoms in total. The maximum Gasteiger partial charge on any atom is 0.363 e. The van der Waals surface area contributed by atoms with Crippen LogP contribution in [0.2, 0.25) is 0 Å². The first-order chi connectivity index (χ1) is 12.5. The summed E-state index contributed by atoms with van der Waals surface area (Å²) in [5.74, 6) is 2.67. The summed E-state index contributed by atoms with van der Waals surface area (Å²) in [6, 6.07) is 3.97. The molecule has 0 N–H and O–H groups in total. The van der Waals surface area contributed by atoms with Crippen LogP contribution in [0.5, 0.6) is 0 Å². The molecule has 1 aromatic heterocycles. The Balaban J connectivity index is 1.50. The molecule has 5 heteroatoms. The fourth-order valence-electron chi connectivity index (χ4n) is 6.13. The summed E-state index contributed by atoms with van der Waals surface area (Å²) in [4.78, 5) is 17.2. The van der Waals surface area contributed by atoms with Crippen LogP contribution < -0.4 is 0 Å². The van der Waals surface area contributed by atoms with Crippen molar-refractivity contribution in [1.29, 1.82) is 5.26 Å². The van der Waals surface area contributed by atoms with E-state index in [1.165, 1.54) is 19.3 Å². The summed E-state index contributed by atoms with van der Waals surface area (Å²) >= 11 is 0. The van der Waals surface area contributed by atoms with Crippen molar-refractivity contribution in [2.45, 2.75) is 45.4 Å². The van der Waals surface area contributed by atoms with E-state index in [1.54, 1.807) is 12.1 Å². The second-order valence-corrected chi connectivity index (χ2v) is 8.78. The van der Waals surface area contributed by atoms with E-state index in [0.29, 0.717) is 17.3 Å². The molecule has 0 amide bonds. The molecule has 4 aliphatic carbocycles. The van der Waals surface area contributed by atoms with Crippen LogP contribution in [0.15, 0.2) is 16.8 Å². The Kier molecular flexibility index (Phi) is 3.25. The van der Waals surface area contributed by atoms with Gasteiger partial charge in [0.1, 0.15) is 11.8 Å². The Morgan fingerprint density at radius 1 is 1.27 bits per heavy atom. The topological polar surface area (TPSA) is 67.4 Å². The molecule has 0 saturated heterocycles. The number of aromatic nitrogens is 1. The summed E-state index contributed by atoms with van der Waals surface area (Å²) in [6.45, 7) is 1.94. The molecule has 134 valence electrons. The van der Waals surface area contributed by atoms with Crippen molar-refractivity contribution in [3.63, 3.8) is 0 Å². The van der Waals surface area contributed by atoms with Gasteiger partial charge in [-0.15, -0.1) is 0 Å². The predicted molar refractivity (Wildman–Crippen MR) is 97.0 cm³/mol. The molecule has 4 bridgehead atoms. The molecule has 0 atom stereocenters. The van der Waals surface area contributed by atoms with Crippen molar-refractivity contribution in [2.75, 3.05) is 0 Å². The van der Waals surface area contributed by atoms with E-state index in [2.05, 4.69) is 11.1 Å². The van der Waals surface area contributed by atoms with Gasteiger partial charge in [0, 0.05) is 18.2 Å². The molecule has 4 fully saturated rings. The van der Waals surface area contributed by atoms with E-state index in [4.69, 9.17) is 4.74 Å². The van der Waals surface area contributed by atoms with Crippen LogP contribution >= 0.6 is 0 Å². The van der Waals surface area contributed by atoms with Crippen molar-refractivity contribution < 1.29 is 9.53 Å². The molecule has 5 aliphatic rings. The lowest BCUT2D eigenvalue weighted by atomic mass is 9.49. The van der Waals surface area contributed by atoms with Gasteiger partial charge in [0.25, 0.3) is 0 Å². The highest BCUT2D eigenvalue weighted by Gasteiger charge is 2.55. The average molecular weight is 349 g/mol. The molecule has 0 unspecified atom stereocenters. The van der Waals surface area contributed by atoms with Crippen molar-refractivity contribution in [3.05, 3.63) is 28.7 Å². The number of aliphatic imine (C=N–C) groups is 1. The van der Waals surface area contributed by atoms with Gasteiger partial charge in [-0.3, -0.25) is 0 Å². The van der Waals surface area contributed by atoms with Crippen LogP contribution in [0.4, 0.5) is 0 Å². The van der Waals surface area contributed by atoms with Gasteiger partial charge in [-0.25, -0.2) is 9.79 Å². The van der Waals surface area contributed by atoms with Gasteiger partial charge in [-0.1, -0.05) is 0 Å². The first-order valence-electron chi connectivity index (χ1n) is 9.57. The zero-order chi connectivity index (χ0) is 18.1. The van der Waals surface area contributed by atoms with Crippen molar-refractivity contribution in [3.8, 4) is 6.07 Å². The number of hydrogen-bond acceptors (Lipinski definition) is 4. The van der Waals surface area contributed by atoms with Crippen LogP contribution in [0, 0.1) is 41.4 Å². The summed E-state index contributed by atoms with van der Waals surface area (Å²) in [5, 5.41) is 9.20. The summed E-state index contributed by atoms with van der Waals surface area (Å²) < 4.78 is 7.53. The Hall–Kier alpha value is -2.35. The van der Waals surface area contributed by atoms with Crippen LogP contribution in [0.1, 0.15) is 55.5 Å². The number of carbonyl (C=O) groups excluding carboxylic acids is 1. The van der Waals surface area contributed by atoms with Crippen molar-refractivity contribution in [1.82, 2.24) is 4.57 Å². The molecule has 0 spiro atoms. The summed E-state index contributed by atoms with van der Waals surface area (Å²) in [6.07, 6.45) is 9.20. The first-order valence-corrected chi connectivity index (χ1v) is 9.57. The third-order valence-corrected chi connectivity index (χ3v) is 7.09. The Bertz CT molecular complexity index is 877. The standard InChI is InChI=1S/C21H23N3O2/c1-12-16(6-17(11-22)24(12)2)7-18-19(25)26-20(23-18)21-8-13-3-14(9-21)5-15(4-13)10-21/h6-7,13-15H,3-5,8-10H2,1-2H3/b18-7+. The first kappa shape index (κ1) is 15.9. The number of cyclic esters (lactones) is 1. The molecule has 1 aromatic rings. The van der Waals surface area contributed by atoms with Crippen molar-refractivity contribution in [2.24, 2.45) is 35.2 Å². The minimum absolute atomic E-state index is 0.0104. The molecule has 0 radical (unpaired) electrons. The molecule has 6 rings (SSSR count). The minimum atomic E-state index is -0.350. The monoisotopic (exact) mass is 349 g/mol. The predicted octanol–water partition coefficient (Wildman–Crippen LogP) is 3.72. The van der Waals surface area contributed by atoms with E-state index in [0.717, 1.165) is 48.3 Å². The van der Waals surface area contributed by atoms with E-state index in [9.17, 15) is 10.1 Å². The van der Waals surface area contributed by atoms with E-state index in [1.807, 2.05) is 18.5 Å². The molecular formula is C21H23N3O2. The highest BCUT2D eigenvalue weighted by molar-refractivity contribution is 6.09. The highest BCUT2D eigenvalue weighted by atomic mass is 16.6. The van der Waals surface area contributed by atoms with Gasteiger partial charge in [-0.05, 0) is 80.9 Å². The average Bonchev–Trinajstić information content (AvgIpc) is 3.09. The fourth-order valence-corrected chi connectivity index (χ4v) is 6.13. The quantitative estimate of drug-likeness (QED) is 0.604. The largest absolute Gasteiger partial charge is 0.406 e. The van der Waals surface area contributed by atoms with Crippen LogP contribution in [-0.2, 0) is 16.6 Å². The van der Waals surface area contributed by atoms with Crippen LogP contribution in [0.25, 0.3) is 6.08 Å². The maximum absolute atomic E-state index is 12.5. The van der Waals surface area contributed by atoms with E-state index in [-0.39, 0.29) is 11.4 Å². The lowest BCUT2D eigenvalue weighted by Gasteiger charge is -2.55. The highest BCUT2D eigenvalue weighted by Crippen LogP contribution is 2.61. The zero-order valence-electron chi connectivity index (χ0n) is 15.3. The Morgan fingerprint density at radius 3 is 2.42 bits per heavy atom. The number of rotatable bonds is 2. The van der Waals surface area contributed by atoms with Crippen LogP contribution in [-0.4, -0.2) is 16.4 Å². The Labute approximate surface area is 153 Å². The molecule has 1 aliphatic heterocycles. The van der Waals surface area contributed by atoms with Gasteiger partial charge >= 0.3 is 5.97 Å². The number of esters is 1. The van der Waals surface area contributed by atoms with Gasteiger partial charge in [0.2, 0.25) is 5.90 Å². The SMILES string of the molecule is Cc1c(/C=C2/N=C(C34CC5CC(CC(C5)C3)C4)OC2=O)cc(C#N)n1C. The number of carbonyl (C=O) groups is 1. The molecule has 0 aromatic carbocycles. The maximum atomic E-state index is 12.5. The number of hydrogen-bond donors (Lipinski definition) is 0. The smallest absolute Gasteiger partial charge is 0.363 e. The summed E-state index contributed by atoms with van der Waals surface area (Å²) in [7, 11) is 1.85. The van der Waals surface area contributed by atoms with E-state index < -0.39 is 0 Å². The lowest BCUT2D eigenvalue weighted by Crippen LogP contribution is -2.50.